The third-order valence-electron chi connectivity index (χ3n) is 1.61. The van der Waals surface area contributed by atoms with Crippen LogP contribution in [-0.4, -0.2) is 0 Å². The minimum atomic E-state index is 1.16. The molecule has 0 aliphatic heterocycles. The molecule has 0 aromatic rings. The number of hydrogen-bond donors (Lipinski definition) is 0. The molecule has 0 aromatic heterocycles. The van der Waals surface area contributed by atoms with Crippen molar-refractivity contribution in [3.8, 4) is 0 Å². The number of allylic oxidation sites excluding steroid dienone is 5. The first-order valence-electron chi connectivity index (χ1n) is 2.76. The predicted octanol–water partition coefficient (Wildman–Crippen LogP) is 2.45. The molecule has 0 aromatic carbocycles. The Morgan fingerprint density at radius 2 is 1.88 bits per heavy atom. The van der Waals surface area contributed by atoms with Crippen LogP contribution in [-0.2, 0) is 0 Å². The highest BCUT2D eigenvalue weighted by Crippen LogP contribution is 2.21. The van der Waals surface area contributed by atoms with Crippen molar-refractivity contribution in [2.45, 2.75) is 13.8 Å². The van der Waals surface area contributed by atoms with Gasteiger partial charge in [0.1, 0.15) is 0 Å². The van der Waals surface area contributed by atoms with Crippen LogP contribution in [0.5, 0.6) is 0 Å². The molecule has 0 saturated heterocycles. The van der Waals surface area contributed by atoms with E-state index in [1.165, 1.54) is 11.1 Å². The molecule has 1 rings (SSSR count). The van der Waals surface area contributed by atoms with E-state index in [1.807, 2.05) is 6.08 Å². The molecule has 0 nitrogen and oxygen atoms in total. The minimum absolute atomic E-state index is 1.16. The van der Waals surface area contributed by atoms with E-state index in [-0.39, 0.29) is 0 Å². The fourth-order valence-corrected chi connectivity index (χ4v) is 0.729. The monoisotopic (exact) mass is 106 g/mol. The maximum atomic E-state index is 3.84. The summed E-state index contributed by atoms with van der Waals surface area (Å²) in [5.74, 6) is 0. The Morgan fingerprint density at radius 3 is 2.00 bits per heavy atom. The summed E-state index contributed by atoms with van der Waals surface area (Å²) in [5.41, 5.74) is 3.82. The Kier molecular flexibility index (Phi) is 1.09. The SMILES string of the molecule is C=C1C=CC(C)=C1C. The summed E-state index contributed by atoms with van der Waals surface area (Å²) >= 11 is 0. The Labute approximate surface area is 50.2 Å². The lowest BCUT2D eigenvalue weighted by molar-refractivity contribution is 1.39. The van der Waals surface area contributed by atoms with Crippen molar-refractivity contribution in [2.24, 2.45) is 0 Å². The summed E-state index contributed by atoms with van der Waals surface area (Å²) in [5, 5.41) is 0. The van der Waals surface area contributed by atoms with Crippen LogP contribution in [0.3, 0.4) is 0 Å². The van der Waals surface area contributed by atoms with Gasteiger partial charge >= 0.3 is 0 Å². The van der Waals surface area contributed by atoms with E-state index in [1.54, 1.807) is 0 Å². The third kappa shape index (κ3) is 0.623. The maximum absolute atomic E-state index is 3.84. The molecule has 42 valence electrons. The van der Waals surface area contributed by atoms with Gasteiger partial charge < -0.3 is 0 Å². The van der Waals surface area contributed by atoms with Gasteiger partial charge in [0.25, 0.3) is 0 Å². The molecule has 0 amide bonds. The van der Waals surface area contributed by atoms with Gasteiger partial charge in [-0.1, -0.05) is 18.7 Å². The van der Waals surface area contributed by atoms with E-state index in [0.29, 0.717) is 0 Å². The standard InChI is InChI=1S/C8H10/c1-6-4-5-7(2)8(6)3/h4-5H,1H2,2-3H3. The van der Waals surface area contributed by atoms with E-state index < -0.39 is 0 Å². The molecular weight excluding hydrogens is 96.1 g/mol. The number of hydrogen-bond acceptors (Lipinski definition) is 0. The van der Waals surface area contributed by atoms with E-state index in [9.17, 15) is 0 Å². The summed E-state index contributed by atoms with van der Waals surface area (Å²) in [4.78, 5) is 0. The molecule has 0 radical (unpaired) electrons. The van der Waals surface area contributed by atoms with Crippen molar-refractivity contribution in [3.05, 3.63) is 35.5 Å². The van der Waals surface area contributed by atoms with Crippen molar-refractivity contribution in [3.63, 3.8) is 0 Å². The second kappa shape index (κ2) is 1.62. The molecule has 0 spiro atoms. The fraction of sp³-hybridized carbons (Fsp3) is 0.250. The zero-order chi connectivity index (χ0) is 6.15. The molecule has 8 heavy (non-hydrogen) atoms. The van der Waals surface area contributed by atoms with Crippen LogP contribution in [0.15, 0.2) is 35.5 Å². The van der Waals surface area contributed by atoms with E-state index >= 15 is 0 Å². The zero-order valence-electron chi connectivity index (χ0n) is 5.36. The second-order valence-corrected chi connectivity index (χ2v) is 2.17. The lowest BCUT2D eigenvalue weighted by Gasteiger charge is -1.92. The van der Waals surface area contributed by atoms with Gasteiger partial charge in [0.05, 0.1) is 0 Å². The summed E-state index contributed by atoms with van der Waals surface area (Å²) in [6.45, 7) is 8.04. The zero-order valence-corrected chi connectivity index (χ0v) is 5.36. The van der Waals surface area contributed by atoms with E-state index in [2.05, 4.69) is 26.5 Å². The van der Waals surface area contributed by atoms with Gasteiger partial charge in [0, 0.05) is 0 Å². The fourth-order valence-electron chi connectivity index (χ4n) is 0.729. The predicted molar refractivity (Wildman–Crippen MR) is 36.7 cm³/mol. The lowest BCUT2D eigenvalue weighted by atomic mass is 10.1. The highest BCUT2D eigenvalue weighted by atomic mass is 14.1. The van der Waals surface area contributed by atoms with Crippen LogP contribution < -0.4 is 0 Å². The highest BCUT2D eigenvalue weighted by Gasteiger charge is 2.01. The van der Waals surface area contributed by atoms with Crippen molar-refractivity contribution >= 4 is 0 Å². The molecule has 0 heterocycles. The Bertz CT molecular complexity index is 176. The van der Waals surface area contributed by atoms with Gasteiger partial charge in [-0.2, -0.15) is 0 Å². The lowest BCUT2D eigenvalue weighted by Crippen LogP contribution is -1.72. The first kappa shape index (κ1) is 5.36. The van der Waals surface area contributed by atoms with Gasteiger partial charge in [0.2, 0.25) is 0 Å². The van der Waals surface area contributed by atoms with Gasteiger partial charge in [-0.15, -0.1) is 0 Å². The van der Waals surface area contributed by atoms with Crippen LogP contribution in [0.25, 0.3) is 0 Å². The van der Waals surface area contributed by atoms with E-state index in [4.69, 9.17) is 0 Å². The largest absolute Gasteiger partial charge is 0.0915 e. The van der Waals surface area contributed by atoms with E-state index in [0.717, 1.165) is 5.57 Å². The van der Waals surface area contributed by atoms with Gasteiger partial charge in [-0.05, 0) is 30.6 Å². The first-order valence-corrected chi connectivity index (χ1v) is 2.76. The molecule has 0 saturated carbocycles. The Balaban J connectivity index is 3.02. The summed E-state index contributed by atoms with van der Waals surface area (Å²) < 4.78 is 0. The molecule has 0 heteroatoms. The Hall–Kier alpha value is -0.780. The van der Waals surface area contributed by atoms with Crippen molar-refractivity contribution in [1.29, 1.82) is 0 Å². The van der Waals surface area contributed by atoms with Gasteiger partial charge in [-0.25, -0.2) is 0 Å². The number of rotatable bonds is 0. The first-order chi connectivity index (χ1) is 3.72. The normalized spacial score (nSPS) is 18.5. The molecule has 1 aliphatic carbocycles. The van der Waals surface area contributed by atoms with Crippen molar-refractivity contribution < 1.29 is 0 Å². The quantitative estimate of drug-likeness (QED) is 0.445. The molecule has 0 atom stereocenters. The summed E-state index contributed by atoms with van der Waals surface area (Å²) in [6, 6.07) is 0. The van der Waals surface area contributed by atoms with Crippen molar-refractivity contribution in [1.82, 2.24) is 0 Å². The average molecular weight is 106 g/mol. The van der Waals surface area contributed by atoms with Gasteiger partial charge in [0.15, 0.2) is 0 Å². The topological polar surface area (TPSA) is 0 Å². The van der Waals surface area contributed by atoms with Crippen LogP contribution >= 0.6 is 0 Å². The third-order valence-corrected chi connectivity index (χ3v) is 1.61. The molecule has 0 fully saturated rings. The van der Waals surface area contributed by atoms with Gasteiger partial charge in [-0.3, -0.25) is 0 Å². The van der Waals surface area contributed by atoms with Crippen molar-refractivity contribution in [2.75, 3.05) is 0 Å². The van der Waals surface area contributed by atoms with Crippen LogP contribution in [0, 0.1) is 0 Å². The van der Waals surface area contributed by atoms with Crippen LogP contribution in [0.2, 0.25) is 0 Å². The van der Waals surface area contributed by atoms with Crippen LogP contribution in [0.4, 0.5) is 0 Å². The highest BCUT2D eigenvalue weighted by molar-refractivity contribution is 5.49. The summed E-state index contributed by atoms with van der Waals surface area (Å²) in [7, 11) is 0. The molecule has 0 unspecified atom stereocenters. The summed E-state index contributed by atoms with van der Waals surface area (Å²) in [6.07, 6.45) is 4.14. The maximum Gasteiger partial charge on any atom is -0.0297 e. The average Bonchev–Trinajstić information content (AvgIpc) is 1.98. The Morgan fingerprint density at radius 1 is 1.25 bits per heavy atom. The molecule has 0 N–H and O–H groups in total. The molecule has 1 aliphatic rings. The molecule has 0 bridgehead atoms. The minimum Gasteiger partial charge on any atom is -0.0915 e. The smallest absolute Gasteiger partial charge is 0.0297 e. The second-order valence-electron chi connectivity index (χ2n) is 2.17. The van der Waals surface area contributed by atoms with Crippen LogP contribution in [0.1, 0.15) is 13.8 Å². The molecular formula is C8H10.